The van der Waals surface area contributed by atoms with Crippen LogP contribution in [0, 0.1) is 6.92 Å². The molecule has 3 aromatic rings. The predicted octanol–water partition coefficient (Wildman–Crippen LogP) is 3.81. The Morgan fingerprint density at radius 2 is 2.11 bits per heavy atom. The zero-order valence-corrected chi connectivity index (χ0v) is 16.5. The summed E-state index contributed by atoms with van der Waals surface area (Å²) in [4.78, 5) is 14.9. The van der Waals surface area contributed by atoms with Crippen LogP contribution in [0.2, 0.25) is 0 Å². The molecule has 0 amide bonds. The first-order chi connectivity index (χ1) is 13.0. The van der Waals surface area contributed by atoms with Crippen LogP contribution in [0.25, 0.3) is 11.3 Å². The van der Waals surface area contributed by atoms with E-state index in [2.05, 4.69) is 28.5 Å². The Morgan fingerprint density at radius 1 is 1.30 bits per heavy atom. The summed E-state index contributed by atoms with van der Waals surface area (Å²) in [5, 5.41) is 18.5. The number of anilines is 1. The second kappa shape index (κ2) is 6.84. The van der Waals surface area contributed by atoms with Crippen molar-refractivity contribution in [3.8, 4) is 11.3 Å². The SMILES string of the molecule is Cc1nn2c(c1-c1ccnn1C(C)C)N(Cc1ccc(C(=O)O)s1)CCC2. The van der Waals surface area contributed by atoms with Crippen molar-refractivity contribution in [2.75, 3.05) is 11.4 Å². The van der Waals surface area contributed by atoms with E-state index in [1.165, 1.54) is 11.3 Å². The number of carboxylic acids is 1. The molecule has 0 radical (unpaired) electrons. The second-order valence-electron chi connectivity index (χ2n) is 7.11. The first-order valence-electron chi connectivity index (χ1n) is 9.14. The number of thiophene rings is 1. The number of hydrogen-bond donors (Lipinski definition) is 1. The van der Waals surface area contributed by atoms with Crippen molar-refractivity contribution in [2.24, 2.45) is 0 Å². The van der Waals surface area contributed by atoms with Crippen molar-refractivity contribution in [1.29, 1.82) is 0 Å². The van der Waals surface area contributed by atoms with Crippen LogP contribution in [0.4, 0.5) is 5.82 Å². The fraction of sp³-hybridized carbons (Fsp3) is 0.421. The van der Waals surface area contributed by atoms with E-state index < -0.39 is 5.97 Å². The molecule has 3 aromatic heterocycles. The van der Waals surface area contributed by atoms with Gasteiger partial charge < -0.3 is 10.0 Å². The minimum absolute atomic E-state index is 0.261. The van der Waals surface area contributed by atoms with Gasteiger partial charge in [-0.15, -0.1) is 11.3 Å². The number of aryl methyl sites for hydroxylation is 2. The highest BCUT2D eigenvalue weighted by molar-refractivity contribution is 7.13. The molecule has 0 unspecified atom stereocenters. The molecule has 0 fully saturated rings. The molecule has 0 saturated heterocycles. The van der Waals surface area contributed by atoms with Gasteiger partial charge in [0.05, 0.1) is 23.5 Å². The lowest BCUT2D eigenvalue weighted by Gasteiger charge is -2.30. The van der Waals surface area contributed by atoms with E-state index in [0.29, 0.717) is 11.4 Å². The van der Waals surface area contributed by atoms with Gasteiger partial charge in [0, 0.05) is 30.2 Å². The second-order valence-corrected chi connectivity index (χ2v) is 8.28. The zero-order valence-electron chi connectivity index (χ0n) is 15.7. The van der Waals surface area contributed by atoms with Crippen molar-refractivity contribution >= 4 is 23.1 Å². The maximum atomic E-state index is 11.2. The fourth-order valence-corrected chi connectivity index (χ4v) is 4.57. The average Bonchev–Trinajstić information content (AvgIpc) is 3.32. The first-order valence-corrected chi connectivity index (χ1v) is 9.95. The Balaban J connectivity index is 1.75. The topological polar surface area (TPSA) is 76.2 Å². The molecule has 7 nitrogen and oxygen atoms in total. The third-order valence-electron chi connectivity index (χ3n) is 4.83. The third-order valence-corrected chi connectivity index (χ3v) is 5.89. The first kappa shape index (κ1) is 17.8. The van der Waals surface area contributed by atoms with Crippen LogP contribution >= 0.6 is 11.3 Å². The Morgan fingerprint density at radius 3 is 2.81 bits per heavy atom. The van der Waals surface area contributed by atoms with E-state index in [9.17, 15) is 9.90 Å². The quantitative estimate of drug-likeness (QED) is 0.723. The van der Waals surface area contributed by atoms with E-state index in [0.717, 1.165) is 47.2 Å². The maximum Gasteiger partial charge on any atom is 0.345 e. The van der Waals surface area contributed by atoms with Gasteiger partial charge in [0.25, 0.3) is 0 Å². The van der Waals surface area contributed by atoms with Crippen molar-refractivity contribution in [1.82, 2.24) is 19.6 Å². The monoisotopic (exact) mass is 385 g/mol. The summed E-state index contributed by atoms with van der Waals surface area (Å²) in [5.74, 6) is 0.235. The largest absolute Gasteiger partial charge is 0.477 e. The number of carbonyl (C=O) groups is 1. The number of rotatable bonds is 5. The van der Waals surface area contributed by atoms with Gasteiger partial charge in [-0.2, -0.15) is 10.2 Å². The Labute approximate surface area is 161 Å². The van der Waals surface area contributed by atoms with Crippen LogP contribution in [0.15, 0.2) is 24.4 Å². The highest BCUT2D eigenvalue weighted by atomic mass is 32.1. The number of fused-ring (bicyclic) bond motifs is 1. The van der Waals surface area contributed by atoms with E-state index in [1.54, 1.807) is 6.07 Å². The lowest BCUT2D eigenvalue weighted by molar-refractivity contribution is 0.0702. The van der Waals surface area contributed by atoms with E-state index in [-0.39, 0.29) is 6.04 Å². The van der Waals surface area contributed by atoms with Crippen LogP contribution in [0.1, 0.15) is 46.6 Å². The average molecular weight is 385 g/mol. The molecule has 0 saturated carbocycles. The van der Waals surface area contributed by atoms with Crippen molar-refractivity contribution in [3.63, 3.8) is 0 Å². The summed E-state index contributed by atoms with van der Waals surface area (Å²) in [7, 11) is 0. The van der Waals surface area contributed by atoms with Crippen LogP contribution in [-0.4, -0.2) is 37.2 Å². The smallest absolute Gasteiger partial charge is 0.345 e. The predicted molar refractivity (Wildman–Crippen MR) is 106 cm³/mol. The molecule has 142 valence electrons. The van der Waals surface area contributed by atoms with Gasteiger partial charge in [0.1, 0.15) is 10.7 Å². The molecule has 1 aliphatic heterocycles. The Bertz CT molecular complexity index is 984. The number of nitrogens with zero attached hydrogens (tertiary/aromatic N) is 5. The van der Waals surface area contributed by atoms with E-state index in [4.69, 9.17) is 5.10 Å². The lowest BCUT2D eigenvalue weighted by Crippen LogP contribution is -2.32. The van der Waals surface area contributed by atoms with Crippen molar-refractivity contribution < 1.29 is 9.90 Å². The molecule has 1 aliphatic rings. The number of aromatic carboxylic acids is 1. The molecule has 0 aliphatic carbocycles. The maximum absolute atomic E-state index is 11.2. The van der Waals surface area contributed by atoms with Gasteiger partial charge in [-0.05, 0) is 45.4 Å². The lowest BCUT2D eigenvalue weighted by atomic mass is 10.1. The number of aromatic nitrogens is 4. The van der Waals surface area contributed by atoms with Gasteiger partial charge in [0.15, 0.2) is 0 Å². The number of carboxylic acid groups (broad SMARTS) is 1. The van der Waals surface area contributed by atoms with Crippen LogP contribution < -0.4 is 4.90 Å². The van der Waals surface area contributed by atoms with Crippen LogP contribution in [-0.2, 0) is 13.1 Å². The van der Waals surface area contributed by atoms with Gasteiger partial charge in [0.2, 0.25) is 0 Å². The minimum Gasteiger partial charge on any atom is -0.477 e. The normalized spacial score (nSPS) is 14.0. The molecule has 4 heterocycles. The molecular formula is C19H23N5O2S. The summed E-state index contributed by atoms with van der Waals surface area (Å²) >= 11 is 1.34. The van der Waals surface area contributed by atoms with E-state index >= 15 is 0 Å². The molecule has 0 atom stereocenters. The summed E-state index contributed by atoms with van der Waals surface area (Å²) in [6.45, 7) is 8.80. The summed E-state index contributed by atoms with van der Waals surface area (Å²) in [5.41, 5.74) is 3.20. The highest BCUT2D eigenvalue weighted by Crippen LogP contribution is 2.38. The van der Waals surface area contributed by atoms with Crippen LogP contribution in [0.5, 0.6) is 0 Å². The summed E-state index contributed by atoms with van der Waals surface area (Å²) < 4.78 is 4.11. The fourth-order valence-electron chi connectivity index (χ4n) is 3.71. The molecule has 8 heteroatoms. The molecule has 1 N–H and O–H groups in total. The highest BCUT2D eigenvalue weighted by Gasteiger charge is 2.28. The third kappa shape index (κ3) is 3.14. The van der Waals surface area contributed by atoms with Gasteiger partial charge in [-0.3, -0.25) is 4.68 Å². The molecule has 4 rings (SSSR count). The standard InChI is InChI=1S/C19H23N5O2S/c1-12(2)24-15(7-8-20-24)17-13(3)21-23-10-4-9-22(18(17)23)11-14-5-6-16(27-14)19(25)26/h5-8,12H,4,9-11H2,1-3H3,(H,25,26). The van der Waals surface area contributed by atoms with Crippen molar-refractivity contribution in [2.45, 2.75) is 46.3 Å². The Kier molecular flexibility index (Phi) is 4.51. The molecular weight excluding hydrogens is 362 g/mol. The number of hydrogen-bond acceptors (Lipinski definition) is 5. The molecule has 0 aromatic carbocycles. The Hall–Kier alpha value is -2.61. The van der Waals surface area contributed by atoms with Gasteiger partial charge in [-0.25, -0.2) is 9.48 Å². The zero-order chi connectivity index (χ0) is 19.1. The van der Waals surface area contributed by atoms with Gasteiger partial charge >= 0.3 is 5.97 Å². The molecule has 0 spiro atoms. The summed E-state index contributed by atoms with van der Waals surface area (Å²) in [6.07, 6.45) is 2.86. The van der Waals surface area contributed by atoms with Gasteiger partial charge in [-0.1, -0.05) is 0 Å². The minimum atomic E-state index is -0.868. The summed E-state index contributed by atoms with van der Waals surface area (Å²) in [6, 6.07) is 5.90. The van der Waals surface area contributed by atoms with Crippen molar-refractivity contribution in [3.05, 3.63) is 39.8 Å². The van der Waals surface area contributed by atoms with E-state index in [1.807, 2.05) is 29.9 Å². The molecule has 0 bridgehead atoms. The molecule has 27 heavy (non-hydrogen) atoms. The van der Waals surface area contributed by atoms with Crippen LogP contribution in [0.3, 0.4) is 0 Å².